The van der Waals surface area contributed by atoms with Crippen LogP contribution in [0.4, 0.5) is 0 Å². The van der Waals surface area contributed by atoms with Crippen molar-refractivity contribution in [1.29, 1.82) is 0 Å². The van der Waals surface area contributed by atoms with Gasteiger partial charge in [0.2, 0.25) is 5.91 Å². The number of nitrogens with one attached hydrogen (secondary N) is 1. The minimum absolute atomic E-state index is 0.0805. The molecule has 1 N–H and O–H groups in total. The molecule has 1 amide bonds. The summed E-state index contributed by atoms with van der Waals surface area (Å²) in [4.78, 5) is 17.4. The monoisotopic (exact) mass is 307 g/mol. The Morgan fingerprint density at radius 1 is 1.55 bits per heavy atom. The largest absolute Gasteiger partial charge is 0.355 e. The highest BCUT2D eigenvalue weighted by Gasteiger charge is 2.25. The first kappa shape index (κ1) is 13.7. The zero-order valence-corrected chi connectivity index (χ0v) is 12.8. The van der Waals surface area contributed by atoms with Gasteiger partial charge in [0.15, 0.2) is 5.16 Å². The molecule has 0 unspecified atom stereocenters. The van der Waals surface area contributed by atoms with Gasteiger partial charge in [0.25, 0.3) is 0 Å². The number of carbonyl (C=O) groups is 1. The average Bonchev–Trinajstić information content (AvgIpc) is 2.98. The van der Waals surface area contributed by atoms with E-state index in [1.165, 1.54) is 29.5 Å². The lowest BCUT2D eigenvalue weighted by atomic mass is 10.3. The third kappa shape index (κ3) is 3.64. The van der Waals surface area contributed by atoms with Crippen LogP contribution in [0.2, 0.25) is 0 Å². The highest BCUT2D eigenvalue weighted by Crippen LogP contribution is 2.37. The number of imidazole rings is 1. The number of aromatic nitrogens is 2. The molecule has 3 rings (SSSR count). The van der Waals surface area contributed by atoms with Crippen molar-refractivity contribution in [2.45, 2.75) is 30.5 Å². The van der Waals surface area contributed by atoms with E-state index in [-0.39, 0.29) is 5.91 Å². The Morgan fingerprint density at radius 2 is 2.45 bits per heavy atom. The first-order chi connectivity index (χ1) is 9.83. The van der Waals surface area contributed by atoms with Crippen molar-refractivity contribution < 1.29 is 4.79 Å². The molecule has 0 bridgehead atoms. The van der Waals surface area contributed by atoms with E-state index in [2.05, 4.69) is 26.3 Å². The van der Waals surface area contributed by atoms with Crippen LogP contribution in [0.15, 0.2) is 35.1 Å². The van der Waals surface area contributed by atoms with Crippen LogP contribution >= 0.6 is 23.1 Å². The molecule has 0 aromatic carbocycles. The summed E-state index contributed by atoms with van der Waals surface area (Å²) >= 11 is 3.25. The maximum atomic E-state index is 11.8. The highest BCUT2D eigenvalue weighted by atomic mass is 32.2. The summed E-state index contributed by atoms with van der Waals surface area (Å²) in [5, 5.41) is 5.98. The van der Waals surface area contributed by atoms with E-state index < -0.39 is 0 Å². The van der Waals surface area contributed by atoms with Gasteiger partial charge in [-0.1, -0.05) is 17.8 Å². The molecule has 0 saturated heterocycles. The van der Waals surface area contributed by atoms with E-state index in [1.807, 2.05) is 18.5 Å². The van der Waals surface area contributed by atoms with Gasteiger partial charge in [-0.15, -0.1) is 11.3 Å². The molecule has 1 saturated carbocycles. The minimum Gasteiger partial charge on any atom is -0.355 e. The zero-order chi connectivity index (χ0) is 13.8. The normalized spacial score (nSPS) is 14.4. The van der Waals surface area contributed by atoms with Crippen molar-refractivity contribution in [2.24, 2.45) is 0 Å². The van der Waals surface area contributed by atoms with Crippen molar-refractivity contribution in [3.8, 4) is 0 Å². The molecule has 2 aromatic heterocycles. The molecule has 4 nitrogen and oxygen atoms in total. The van der Waals surface area contributed by atoms with Crippen molar-refractivity contribution in [3.05, 3.63) is 34.8 Å². The van der Waals surface area contributed by atoms with Crippen LogP contribution < -0.4 is 5.32 Å². The molecule has 2 heterocycles. The van der Waals surface area contributed by atoms with Crippen LogP contribution in [-0.2, 0) is 11.2 Å². The molecule has 20 heavy (non-hydrogen) atoms. The molecule has 0 radical (unpaired) electrons. The van der Waals surface area contributed by atoms with Crippen LogP contribution in [0.3, 0.4) is 0 Å². The molecule has 0 aliphatic heterocycles. The van der Waals surface area contributed by atoms with Crippen LogP contribution in [0.1, 0.15) is 23.8 Å². The molecular weight excluding hydrogens is 290 g/mol. The van der Waals surface area contributed by atoms with Gasteiger partial charge in [-0.2, -0.15) is 0 Å². The van der Waals surface area contributed by atoms with Gasteiger partial charge in [0.05, 0.1) is 5.75 Å². The van der Waals surface area contributed by atoms with Crippen LogP contribution in [0.25, 0.3) is 0 Å². The molecule has 0 spiro atoms. The number of amides is 1. The number of carbonyl (C=O) groups excluding carboxylic acids is 1. The van der Waals surface area contributed by atoms with Crippen molar-refractivity contribution in [3.63, 3.8) is 0 Å². The predicted molar refractivity (Wildman–Crippen MR) is 82.3 cm³/mol. The second kappa shape index (κ2) is 6.45. The number of hydrogen-bond acceptors (Lipinski definition) is 4. The highest BCUT2D eigenvalue weighted by molar-refractivity contribution is 7.99. The molecule has 0 atom stereocenters. The van der Waals surface area contributed by atoms with E-state index in [9.17, 15) is 4.79 Å². The molecule has 2 aromatic rings. The molecule has 1 aliphatic carbocycles. The number of thioether (sulfide) groups is 1. The minimum atomic E-state index is 0.0805. The second-order valence-corrected chi connectivity index (χ2v) is 6.79. The van der Waals surface area contributed by atoms with Crippen LogP contribution in [0.5, 0.6) is 0 Å². The Morgan fingerprint density at radius 3 is 3.20 bits per heavy atom. The van der Waals surface area contributed by atoms with Gasteiger partial charge in [0.1, 0.15) is 0 Å². The number of hydrogen-bond donors (Lipinski definition) is 1. The summed E-state index contributed by atoms with van der Waals surface area (Å²) in [6, 6.07) is 4.75. The molecule has 1 fully saturated rings. The van der Waals surface area contributed by atoms with Crippen molar-refractivity contribution >= 4 is 29.0 Å². The fourth-order valence-corrected chi connectivity index (χ4v) is 3.57. The lowest BCUT2D eigenvalue weighted by Gasteiger charge is -2.06. The topological polar surface area (TPSA) is 46.9 Å². The van der Waals surface area contributed by atoms with Crippen LogP contribution in [-0.4, -0.2) is 27.8 Å². The maximum absolute atomic E-state index is 11.8. The summed E-state index contributed by atoms with van der Waals surface area (Å²) in [5.41, 5.74) is 0. The van der Waals surface area contributed by atoms with Gasteiger partial charge in [-0.25, -0.2) is 4.98 Å². The quantitative estimate of drug-likeness (QED) is 0.800. The van der Waals surface area contributed by atoms with Crippen LogP contribution in [0, 0.1) is 0 Å². The van der Waals surface area contributed by atoms with Gasteiger partial charge in [-0.05, 0) is 30.7 Å². The summed E-state index contributed by atoms with van der Waals surface area (Å²) in [7, 11) is 0. The summed E-state index contributed by atoms with van der Waals surface area (Å²) in [6.07, 6.45) is 7.20. The fourth-order valence-electron chi connectivity index (χ4n) is 2.00. The van der Waals surface area contributed by atoms with Crippen molar-refractivity contribution in [1.82, 2.24) is 14.9 Å². The SMILES string of the molecule is O=C(CSc1nccn1C1CC1)NCCc1cccs1. The maximum Gasteiger partial charge on any atom is 0.230 e. The van der Waals surface area contributed by atoms with Crippen molar-refractivity contribution in [2.75, 3.05) is 12.3 Å². The standard InChI is InChI=1S/C14H17N3OS2/c18-13(15-6-5-12-2-1-9-19-12)10-20-14-16-7-8-17(14)11-3-4-11/h1-2,7-9,11H,3-6,10H2,(H,15,18). The Balaban J connectivity index is 1.39. The van der Waals surface area contributed by atoms with Gasteiger partial charge in [-0.3, -0.25) is 4.79 Å². The van der Waals surface area contributed by atoms with E-state index >= 15 is 0 Å². The Hall–Kier alpha value is -1.27. The lowest BCUT2D eigenvalue weighted by Crippen LogP contribution is -2.27. The number of nitrogens with zero attached hydrogens (tertiary/aromatic N) is 2. The first-order valence-corrected chi connectivity index (χ1v) is 8.64. The Bertz CT molecular complexity index is 561. The number of thiophene rings is 1. The summed E-state index contributed by atoms with van der Waals surface area (Å²) in [5.74, 6) is 0.519. The summed E-state index contributed by atoms with van der Waals surface area (Å²) in [6.45, 7) is 0.705. The summed E-state index contributed by atoms with van der Waals surface area (Å²) < 4.78 is 2.18. The Kier molecular flexibility index (Phi) is 4.42. The fraction of sp³-hybridized carbons (Fsp3) is 0.429. The van der Waals surface area contributed by atoms with Gasteiger partial charge in [0, 0.05) is 29.9 Å². The number of rotatable bonds is 7. The third-order valence-corrected chi connectivity index (χ3v) is 5.10. The predicted octanol–water partition coefficient (Wildman–Crippen LogP) is 2.73. The van der Waals surface area contributed by atoms with Gasteiger partial charge >= 0.3 is 0 Å². The van der Waals surface area contributed by atoms with E-state index in [1.54, 1.807) is 11.3 Å². The zero-order valence-electron chi connectivity index (χ0n) is 11.1. The molecular formula is C14H17N3OS2. The Labute approximate surface area is 126 Å². The van der Waals surface area contributed by atoms with Gasteiger partial charge < -0.3 is 9.88 Å². The molecule has 6 heteroatoms. The second-order valence-electron chi connectivity index (χ2n) is 4.82. The average molecular weight is 307 g/mol. The third-order valence-electron chi connectivity index (χ3n) is 3.18. The van der Waals surface area contributed by atoms with E-state index in [0.29, 0.717) is 18.3 Å². The smallest absolute Gasteiger partial charge is 0.230 e. The molecule has 1 aliphatic rings. The molecule has 106 valence electrons. The van der Waals surface area contributed by atoms with E-state index in [0.717, 1.165) is 11.6 Å². The first-order valence-electron chi connectivity index (χ1n) is 6.77. The lowest BCUT2D eigenvalue weighted by molar-refractivity contribution is -0.118. The van der Waals surface area contributed by atoms with E-state index in [4.69, 9.17) is 0 Å².